The zero-order valence-corrected chi connectivity index (χ0v) is 11.2. The SMILES string of the molecule is N#Cc1ccc(C(=O)N(CC(N)=O)c2ccccc2)cc1. The summed E-state index contributed by atoms with van der Waals surface area (Å²) in [6.45, 7) is -0.206. The third-order valence-corrected chi connectivity index (χ3v) is 2.89. The molecule has 0 heterocycles. The Labute approximate surface area is 122 Å². The summed E-state index contributed by atoms with van der Waals surface area (Å²) in [5.74, 6) is -0.940. The lowest BCUT2D eigenvalue weighted by atomic mass is 10.1. The Balaban J connectivity index is 2.34. The van der Waals surface area contributed by atoms with Crippen LogP contribution in [0.2, 0.25) is 0 Å². The van der Waals surface area contributed by atoms with Crippen LogP contribution in [0.1, 0.15) is 15.9 Å². The molecule has 0 spiro atoms. The quantitative estimate of drug-likeness (QED) is 0.923. The van der Waals surface area contributed by atoms with Gasteiger partial charge in [0, 0.05) is 11.3 Å². The van der Waals surface area contributed by atoms with E-state index >= 15 is 0 Å². The van der Waals surface area contributed by atoms with E-state index in [0.29, 0.717) is 16.8 Å². The zero-order chi connectivity index (χ0) is 15.2. The van der Waals surface area contributed by atoms with Crippen LogP contribution in [0.4, 0.5) is 5.69 Å². The van der Waals surface area contributed by atoms with Gasteiger partial charge in [0.25, 0.3) is 5.91 Å². The molecule has 2 aromatic carbocycles. The fraction of sp³-hybridized carbons (Fsp3) is 0.0625. The van der Waals surface area contributed by atoms with E-state index < -0.39 is 5.91 Å². The first-order valence-corrected chi connectivity index (χ1v) is 6.27. The van der Waals surface area contributed by atoms with Crippen molar-refractivity contribution in [3.05, 3.63) is 65.7 Å². The smallest absolute Gasteiger partial charge is 0.258 e. The van der Waals surface area contributed by atoms with E-state index in [-0.39, 0.29) is 12.5 Å². The van der Waals surface area contributed by atoms with Crippen LogP contribution < -0.4 is 10.6 Å². The van der Waals surface area contributed by atoms with Crippen molar-refractivity contribution in [1.82, 2.24) is 0 Å². The highest BCUT2D eigenvalue weighted by Crippen LogP contribution is 2.17. The van der Waals surface area contributed by atoms with Gasteiger partial charge in [-0.2, -0.15) is 5.26 Å². The molecule has 0 aliphatic rings. The Kier molecular flexibility index (Phi) is 4.32. The molecule has 104 valence electrons. The molecular formula is C16H13N3O2. The van der Waals surface area contributed by atoms with Gasteiger partial charge in [-0.15, -0.1) is 0 Å². The number of nitriles is 1. The number of primary amides is 1. The minimum atomic E-state index is -0.596. The molecule has 0 fully saturated rings. The molecule has 0 atom stereocenters. The fourth-order valence-electron chi connectivity index (χ4n) is 1.89. The van der Waals surface area contributed by atoms with Crippen molar-refractivity contribution in [3.8, 4) is 6.07 Å². The molecule has 2 N–H and O–H groups in total. The van der Waals surface area contributed by atoms with Crippen molar-refractivity contribution in [3.63, 3.8) is 0 Å². The van der Waals surface area contributed by atoms with Crippen LogP contribution in [0.5, 0.6) is 0 Å². The van der Waals surface area contributed by atoms with Crippen LogP contribution in [0.15, 0.2) is 54.6 Å². The standard InChI is InChI=1S/C16H13N3O2/c17-10-12-6-8-13(9-7-12)16(21)19(11-15(18)20)14-4-2-1-3-5-14/h1-9H,11H2,(H2,18,20). The third kappa shape index (κ3) is 3.45. The molecule has 0 saturated carbocycles. The summed E-state index contributed by atoms with van der Waals surface area (Å²) in [5.41, 5.74) is 6.66. The molecule has 0 unspecified atom stereocenters. The second-order valence-corrected chi connectivity index (χ2v) is 4.38. The summed E-state index contributed by atoms with van der Waals surface area (Å²) in [7, 11) is 0. The molecule has 5 nitrogen and oxygen atoms in total. The number of nitrogens with two attached hydrogens (primary N) is 1. The minimum absolute atomic E-state index is 0.206. The molecule has 2 amide bonds. The third-order valence-electron chi connectivity index (χ3n) is 2.89. The van der Waals surface area contributed by atoms with Crippen molar-refractivity contribution in [2.75, 3.05) is 11.4 Å². The van der Waals surface area contributed by atoms with Gasteiger partial charge in [-0.1, -0.05) is 18.2 Å². The van der Waals surface area contributed by atoms with E-state index in [1.54, 1.807) is 48.5 Å². The molecule has 21 heavy (non-hydrogen) atoms. The maximum atomic E-state index is 12.5. The zero-order valence-electron chi connectivity index (χ0n) is 11.2. The van der Waals surface area contributed by atoms with Crippen LogP contribution in [0.25, 0.3) is 0 Å². The van der Waals surface area contributed by atoms with E-state index in [9.17, 15) is 9.59 Å². The average Bonchev–Trinajstić information content (AvgIpc) is 2.53. The average molecular weight is 279 g/mol. The largest absolute Gasteiger partial charge is 0.368 e. The van der Waals surface area contributed by atoms with Gasteiger partial charge in [-0.05, 0) is 36.4 Å². The van der Waals surface area contributed by atoms with Crippen molar-refractivity contribution in [1.29, 1.82) is 5.26 Å². The number of amides is 2. The van der Waals surface area contributed by atoms with Crippen LogP contribution >= 0.6 is 0 Å². The topological polar surface area (TPSA) is 87.2 Å². The van der Waals surface area contributed by atoms with Gasteiger partial charge >= 0.3 is 0 Å². The number of para-hydroxylation sites is 1. The first-order chi connectivity index (χ1) is 10.1. The Morgan fingerprint density at radius 2 is 1.67 bits per heavy atom. The summed E-state index contributed by atoms with van der Waals surface area (Å²) in [6, 6.07) is 17.0. The highest BCUT2D eigenvalue weighted by molar-refractivity contribution is 6.08. The van der Waals surface area contributed by atoms with E-state index in [0.717, 1.165) is 0 Å². The van der Waals surface area contributed by atoms with Crippen LogP contribution in [0, 0.1) is 11.3 Å². The number of carbonyl (C=O) groups is 2. The van der Waals surface area contributed by atoms with Crippen LogP contribution in [-0.4, -0.2) is 18.4 Å². The van der Waals surface area contributed by atoms with Crippen molar-refractivity contribution >= 4 is 17.5 Å². The molecule has 0 bridgehead atoms. The maximum absolute atomic E-state index is 12.5. The molecule has 0 saturated heterocycles. The first kappa shape index (κ1) is 14.3. The predicted molar refractivity (Wildman–Crippen MR) is 78.5 cm³/mol. The number of hydrogen-bond donors (Lipinski definition) is 1. The normalized spacial score (nSPS) is 9.67. The number of hydrogen-bond acceptors (Lipinski definition) is 3. The first-order valence-electron chi connectivity index (χ1n) is 6.27. The number of carbonyl (C=O) groups excluding carboxylic acids is 2. The lowest BCUT2D eigenvalue weighted by Crippen LogP contribution is -2.38. The molecule has 0 aromatic heterocycles. The van der Waals surface area contributed by atoms with Gasteiger partial charge in [0.15, 0.2) is 0 Å². The van der Waals surface area contributed by atoms with E-state index in [1.165, 1.54) is 4.90 Å². The summed E-state index contributed by atoms with van der Waals surface area (Å²) < 4.78 is 0. The summed E-state index contributed by atoms with van der Waals surface area (Å²) >= 11 is 0. The summed E-state index contributed by atoms with van der Waals surface area (Å²) in [5, 5.41) is 8.77. The number of nitrogens with zero attached hydrogens (tertiary/aromatic N) is 2. The summed E-state index contributed by atoms with van der Waals surface area (Å²) in [6.07, 6.45) is 0. The molecule has 2 aromatic rings. The second kappa shape index (κ2) is 6.35. The minimum Gasteiger partial charge on any atom is -0.368 e. The van der Waals surface area contributed by atoms with Gasteiger partial charge in [0.05, 0.1) is 11.6 Å². The second-order valence-electron chi connectivity index (χ2n) is 4.38. The van der Waals surface area contributed by atoms with E-state index in [1.807, 2.05) is 12.1 Å². The lowest BCUT2D eigenvalue weighted by Gasteiger charge is -2.21. The number of rotatable bonds is 4. The van der Waals surface area contributed by atoms with Gasteiger partial charge in [-0.25, -0.2) is 0 Å². The number of anilines is 1. The van der Waals surface area contributed by atoms with Gasteiger partial charge in [0.2, 0.25) is 5.91 Å². The Morgan fingerprint density at radius 3 is 2.19 bits per heavy atom. The van der Waals surface area contributed by atoms with E-state index in [2.05, 4.69) is 0 Å². The van der Waals surface area contributed by atoms with Crippen LogP contribution in [0.3, 0.4) is 0 Å². The van der Waals surface area contributed by atoms with Crippen molar-refractivity contribution in [2.45, 2.75) is 0 Å². The van der Waals surface area contributed by atoms with Crippen molar-refractivity contribution in [2.24, 2.45) is 5.73 Å². The molecule has 5 heteroatoms. The molecule has 0 aliphatic carbocycles. The van der Waals surface area contributed by atoms with Gasteiger partial charge < -0.3 is 5.73 Å². The Morgan fingerprint density at radius 1 is 1.05 bits per heavy atom. The highest BCUT2D eigenvalue weighted by atomic mass is 16.2. The Hall–Kier alpha value is -3.13. The van der Waals surface area contributed by atoms with Gasteiger partial charge in [0.1, 0.15) is 6.54 Å². The maximum Gasteiger partial charge on any atom is 0.258 e. The monoisotopic (exact) mass is 279 g/mol. The molecule has 0 aliphatic heterocycles. The Bertz CT molecular complexity index is 688. The number of benzene rings is 2. The lowest BCUT2D eigenvalue weighted by molar-refractivity contribution is -0.116. The highest BCUT2D eigenvalue weighted by Gasteiger charge is 2.19. The van der Waals surface area contributed by atoms with Gasteiger partial charge in [-0.3, -0.25) is 14.5 Å². The molecular weight excluding hydrogens is 266 g/mol. The molecule has 2 rings (SSSR count). The fourth-order valence-corrected chi connectivity index (χ4v) is 1.89. The summed E-state index contributed by atoms with van der Waals surface area (Å²) in [4.78, 5) is 25.0. The predicted octanol–water partition coefficient (Wildman–Crippen LogP) is 1.69. The van der Waals surface area contributed by atoms with Crippen molar-refractivity contribution < 1.29 is 9.59 Å². The molecule has 0 radical (unpaired) electrons. The van der Waals surface area contributed by atoms with E-state index in [4.69, 9.17) is 11.0 Å². The van der Waals surface area contributed by atoms with Crippen LogP contribution in [-0.2, 0) is 4.79 Å².